The van der Waals surface area contributed by atoms with Crippen molar-refractivity contribution in [1.82, 2.24) is 20.2 Å². The summed E-state index contributed by atoms with van der Waals surface area (Å²) >= 11 is 6.26. The molecule has 1 aromatic heterocycles. The van der Waals surface area contributed by atoms with Gasteiger partial charge in [-0.3, -0.25) is 0 Å². The molecule has 0 bridgehead atoms. The standard InChI is InChI=1S/C15H14ClN5/c1-9-5-3-8-13(10(9)2)21-15(18-19-20-21)14-11(16)6-4-7-12(14)17/h3-8H,17H2,1-2H3. The van der Waals surface area contributed by atoms with Gasteiger partial charge in [-0.1, -0.05) is 29.8 Å². The van der Waals surface area contributed by atoms with Crippen molar-refractivity contribution < 1.29 is 0 Å². The van der Waals surface area contributed by atoms with Gasteiger partial charge in [0, 0.05) is 5.69 Å². The Morgan fingerprint density at radius 3 is 2.62 bits per heavy atom. The predicted molar refractivity (Wildman–Crippen MR) is 83.5 cm³/mol. The highest BCUT2D eigenvalue weighted by Crippen LogP contribution is 2.33. The zero-order valence-corrected chi connectivity index (χ0v) is 12.5. The molecular formula is C15H14ClN5. The maximum Gasteiger partial charge on any atom is 0.190 e. The lowest BCUT2D eigenvalue weighted by molar-refractivity contribution is 0.786. The van der Waals surface area contributed by atoms with Crippen LogP contribution >= 0.6 is 11.6 Å². The van der Waals surface area contributed by atoms with Gasteiger partial charge in [0.25, 0.3) is 0 Å². The summed E-state index contributed by atoms with van der Waals surface area (Å²) < 4.78 is 1.67. The fraction of sp³-hybridized carbons (Fsp3) is 0.133. The lowest BCUT2D eigenvalue weighted by Crippen LogP contribution is -2.04. The minimum atomic E-state index is 0.524. The van der Waals surface area contributed by atoms with E-state index in [2.05, 4.69) is 15.5 Å². The van der Waals surface area contributed by atoms with Gasteiger partial charge in [-0.2, -0.15) is 4.68 Å². The van der Waals surface area contributed by atoms with E-state index >= 15 is 0 Å². The summed E-state index contributed by atoms with van der Waals surface area (Å²) in [7, 11) is 0. The van der Waals surface area contributed by atoms with Crippen LogP contribution in [0.1, 0.15) is 11.1 Å². The lowest BCUT2D eigenvalue weighted by atomic mass is 10.1. The SMILES string of the molecule is Cc1cccc(-n2nnnc2-c2c(N)cccc2Cl)c1C. The minimum Gasteiger partial charge on any atom is -0.398 e. The van der Waals surface area contributed by atoms with Crippen molar-refractivity contribution in [3.05, 3.63) is 52.5 Å². The molecule has 0 saturated heterocycles. The van der Waals surface area contributed by atoms with Crippen LogP contribution in [0.5, 0.6) is 0 Å². The number of benzene rings is 2. The molecule has 0 fully saturated rings. The van der Waals surface area contributed by atoms with E-state index in [0.717, 1.165) is 11.3 Å². The maximum absolute atomic E-state index is 6.26. The van der Waals surface area contributed by atoms with Crippen LogP contribution in [-0.4, -0.2) is 20.2 Å². The number of nitrogens with zero attached hydrogens (tertiary/aromatic N) is 4. The zero-order valence-electron chi connectivity index (χ0n) is 11.7. The van der Waals surface area contributed by atoms with Gasteiger partial charge in [-0.15, -0.1) is 5.10 Å². The highest BCUT2D eigenvalue weighted by atomic mass is 35.5. The Balaban J connectivity index is 2.25. The number of anilines is 1. The Kier molecular flexibility index (Phi) is 3.35. The quantitative estimate of drug-likeness (QED) is 0.738. The molecule has 0 aliphatic carbocycles. The third-order valence-corrected chi connectivity index (χ3v) is 3.86. The average Bonchev–Trinajstić information content (AvgIpc) is 2.91. The highest BCUT2D eigenvalue weighted by molar-refractivity contribution is 6.33. The Labute approximate surface area is 127 Å². The molecule has 0 saturated carbocycles. The average molecular weight is 300 g/mol. The number of hydrogen-bond acceptors (Lipinski definition) is 4. The van der Waals surface area contributed by atoms with E-state index in [-0.39, 0.29) is 0 Å². The summed E-state index contributed by atoms with van der Waals surface area (Å²) in [4.78, 5) is 0. The fourth-order valence-electron chi connectivity index (χ4n) is 2.25. The monoisotopic (exact) mass is 299 g/mol. The Morgan fingerprint density at radius 2 is 1.86 bits per heavy atom. The van der Waals surface area contributed by atoms with Crippen LogP contribution in [0, 0.1) is 13.8 Å². The molecular weight excluding hydrogens is 286 g/mol. The van der Waals surface area contributed by atoms with Gasteiger partial charge in [-0.25, -0.2) is 0 Å². The Bertz CT molecular complexity index is 789. The van der Waals surface area contributed by atoms with E-state index in [1.54, 1.807) is 22.9 Å². The van der Waals surface area contributed by atoms with Crippen LogP contribution in [0.4, 0.5) is 5.69 Å². The first kappa shape index (κ1) is 13.6. The van der Waals surface area contributed by atoms with E-state index < -0.39 is 0 Å². The van der Waals surface area contributed by atoms with Crippen molar-refractivity contribution in [2.75, 3.05) is 5.73 Å². The molecule has 0 radical (unpaired) electrons. The molecule has 21 heavy (non-hydrogen) atoms. The van der Waals surface area contributed by atoms with Gasteiger partial charge in [0.05, 0.1) is 16.3 Å². The Hall–Kier alpha value is -2.40. The summed E-state index contributed by atoms with van der Waals surface area (Å²) in [5, 5.41) is 12.5. The molecule has 3 aromatic rings. The van der Waals surface area contributed by atoms with Gasteiger partial charge in [0.2, 0.25) is 0 Å². The van der Waals surface area contributed by atoms with Crippen LogP contribution in [-0.2, 0) is 0 Å². The Morgan fingerprint density at radius 1 is 1.10 bits per heavy atom. The molecule has 0 aliphatic heterocycles. The summed E-state index contributed by atoms with van der Waals surface area (Å²) in [6.45, 7) is 4.08. The molecule has 0 spiro atoms. The van der Waals surface area contributed by atoms with Crippen LogP contribution in [0.15, 0.2) is 36.4 Å². The summed E-state index contributed by atoms with van der Waals surface area (Å²) in [6.07, 6.45) is 0. The van der Waals surface area contributed by atoms with Crippen molar-refractivity contribution in [2.24, 2.45) is 0 Å². The molecule has 106 valence electrons. The normalized spacial score (nSPS) is 10.8. The predicted octanol–water partition coefficient (Wildman–Crippen LogP) is 3.18. The molecule has 6 heteroatoms. The van der Waals surface area contributed by atoms with E-state index in [4.69, 9.17) is 17.3 Å². The number of halogens is 1. The molecule has 2 N–H and O–H groups in total. The smallest absolute Gasteiger partial charge is 0.190 e. The van der Waals surface area contributed by atoms with Gasteiger partial charge in [0.1, 0.15) is 0 Å². The summed E-state index contributed by atoms with van der Waals surface area (Å²) in [5.41, 5.74) is 10.4. The van der Waals surface area contributed by atoms with Crippen molar-refractivity contribution in [3.8, 4) is 17.1 Å². The van der Waals surface area contributed by atoms with E-state index in [0.29, 0.717) is 22.1 Å². The molecule has 1 heterocycles. The van der Waals surface area contributed by atoms with Gasteiger partial charge in [-0.05, 0) is 53.6 Å². The van der Waals surface area contributed by atoms with Gasteiger partial charge in [0.15, 0.2) is 5.82 Å². The number of hydrogen-bond donors (Lipinski definition) is 1. The molecule has 5 nitrogen and oxygen atoms in total. The first-order chi connectivity index (χ1) is 10.1. The topological polar surface area (TPSA) is 69.6 Å². The van der Waals surface area contributed by atoms with Crippen molar-refractivity contribution >= 4 is 17.3 Å². The van der Waals surface area contributed by atoms with Crippen molar-refractivity contribution in [2.45, 2.75) is 13.8 Å². The number of aryl methyl sites for hydroxylation is 1. The molecule has 2 aromatic carbocycles. The number of nitrogens with two attached hydrogens (primary N) is 1. The second kappa shape index (κ2) is 5.18. The van der Waals surface area contributed by atoms with E-state index in [1.165, 1.54) is 5.56 Å². The first-order valence-electron chi connectivity index (χ1n) is 6.49. The first-order valence-corrected chi connectivity index (χ1v) is 6.86. The molecule has 3 rings (SSSR count). The summed E-state index contributed by atoms with van der Waals surface area (Å²) in [6, 6.07) is 11.3. The third kappa shape index (κ3) is 2.25. The highest BCUT2D eigenvalue weighted by Gasteiger charge is 2.17. The second-order valence-electron chi connectivity index (χ2n) is 4.84. The largest absolute Gasteiger partial charge is 0.398 e. The second-order valence-corrected chi connectivity index (χ2v) is 5.24. The molecule has 0 amide bonds. The summed E-state index contributed by atoms with van der Waals surface area (Å²) in [5.74, 6) is 0.534. The molecule has 0 unspecified atom stereocenters. The number of nitrogen functional groups attached to an aromatic ring is 1. The van der Waals surface area contributed by atoms with Gasteiger partial charge >= 0.3 is 0 Å². The van der Waals surface area contributed by atoms with Crippen molar-refractivity contribution in [1.29, 1.82) is 0 Å². The number of aromatic nitrogens is 4. The maximum atomic E-state index is 6.26. The molecule has 0 aliphatic rings. The van der Waals surface area contributed by atoms with Crippen LogP contribution in [0.25, 0.3) is 17.1 Å². The fourth-order valence-corrected chi connectivity index (χ4v) is 2.51. The van der Waals surface area contributed by atoms with Gasteiger partial charge < -0.3 is 5.73 Å². The lowest BCUT2D eigenvalue weighted by Gasteiger charge is -2.11. The third-order valence-electron chi connectivity index (χ3n) is 3.54. The van der Waals surface area contributed by atoms with E-state index in [1.807, 2.05) is 32.0 Å². The molecule has 0 atom stereocenters. The minimum absolute atomic E-state index is 0.524. The number of tetrazole rings is 1. The van der Waals surface area contributed by atoms with Crippen LogP contribution in [0.2, 0.25) is 5.02 Å². The van der Waals surface area contributed by atoms with Crippen LogP contribution < -0.4 is 5.73 Å². The zero-order chi connectivity index (χ0) is 15.0. The van der Waals surface area contributed by atoms with E-state index in [9.17, 15) is 0 Å². The number of rotatable bonds is 2. The van der Waals surface area contributed by atoms with Crippen LogP contribution in [0.3, 0.4) is 0 Å². The van der Waals surface area contributed by atoms with Crippen molar-refractivity contribution in [3.63, 3.8) is 0 Å².